The number of amides is 2. The molecule has 1 aromatic carbocycles. The molecule has 0 aliphatic heterocycles. The number of carbonyl (C=O) groups is 2. The number of carbonyl (C=O) groups excluding carboxylic acids is 2. The number of hydrogen-bond donors (Lipinski definition) is 2. The Hall–Kier alpha value is -2.18. The normalized spacial score (nSPS) is 10.7. The topological polar surface area (TPSA) is 67.4 Å². The van der Waals surface area contributed by atoms with Crippen LogP contribution >= 0.6 is 11.3 Å². The summed E-state index contributed by atoms with van der Waals surface area (Å²) in [6, 6.07) is 9.82. The van der Waals surface area contributed by atoms with Crippen molar-refractivity contribution in [2.75, 3.05) is 6.54 Å². The number of benzene rings is 1. The van der Waals surface area contributed by atoms with Crippen molar-refractivity contribution in [2.24, 2.45) is 0 Å². The molecule has 2 amide bonds. The summed E-state index contributed by atoms with van der Waals surface area (Å²) in [5.74, 6) is -0.102. The van der Waals surface area contributed by atoms with Crippen molar-refractivity contribution in [3.8, 4) is 0 Å². The minimum atomic E-state index is -0.0896. The van der Waals surface area contributed by atoms with Gasteiger partial charge in [0, 0.05) is 30.5 Å². The van der Waals surface area contributed by atoms with E-state index in [0.29, 0.717) is 38.1 Å². The maximum absolute atomic E-state index is 11.9. The predicted molar refractivity (Wildman–Crippen MR) is 104 cm³/mol. The zero-order valence-corrected chi connectivity index (χ0v) is 16.1. The maximum Gasteiger partial charge on any atom is 0.252 e. The quantitative estimate of drug-likeness (QED) is 0.626. The van der Waals surface area contributed by atoms with Gasteiger partial charge in [0.25, 0.3) is 5.91 Å². The summed E-state index contributed by atoms with van der Waals surface area (Å²) in [5, 5.41) is 9.39. The Morgan fingerprint density at radius 1 is 1.08 bits per heavy atom. The molecule has 6 heteroatoms. The van der Waals surface area contributed by atoms with Gasteiger partial charge in [-0.25, -0.2) is 0 Å². The molecule has 2 N–H and O–H groups in total. The molecule has 26 heavy (non-hydrogen) atoms. The fourth-order valence-electron chi connectivity index (χ4n) is 2.25. The highest BCUT2D eigenvalue weighted by Crippen LogP contribution is 2.07. The highest BCUT2D eigenvalue weighted by Gasteiger charge is 2.06. The second-order valence-electron chi connectivity index (χ2n) is 6.32. The van der Waals surface area contributed by atoms with E-state index in [-0.39, 0.29) is 17.9 Å². The standard InChI is InChI=1S/C20H26N2O3S/c1-15(2)25-13-17-7-5-16(6-8-17)12-22-19(23)4-3-10-21-20(24)18-9-11-26-14-18/h5-9,11,14-15H,3-4,10,12-13H2,1-2H3,(H,21,24)(H,22,23). The van der Waals surface area contributed by atoms with Gasteiger partial charge in [0.1, 0.15) is 0 Å². The summed E-state index contributed by atoms with van der Waals surface area (Å²) in [6.07, 6.45) is 1.22. The lowest BCUT2D eigenvalue weighted by Crippen LogP contribution is -2.27. The molecule has 0 atom stereocenters. The molecule has 1 aromatic heterocycles. The molecule has 0 unspecified atom stereocenters. The fourth-order valence-corrected chi connectivity index (χ4v) is 2.89. The van der Waals surface area contributed by atoms with Crippen molar-refractivity contribution in [1.29, 1.82) is 0 Å². The summed E-state index contributed by atoms with van der Waals surface area (Å²) >= 11 is 1.49. The smallest absolute Gasteiger partial charge is 0.252 e. The van der Waals surface area contributed by atoms with Crippen molar-refractivity contribution in [2.45, 2.75) is 45.9 Å². The highest BCUT2D eigenvalue weighted by molar-refractivity contribution is 7.08. The summed E-state index contributed by atoms with van der Waals surface area (Å²) in [5.41, 5.74) is 2.84. The molecule has 0 aliphatic rings. The molecule has 0 saturated heterocycles. The van der Waals surface area contributed by atoms with Gasteiger partial charge in [-0.05, 0) is 42.8 Å². The zero-order chi connectivity index (χ0) is 18.8. The van der Waals surface area contributed by atoms with Gasteiger partial charge in [0.2, 0.25) is 5.91 Å². The van der Waals surface area contributed by atoms with Gasteiger partial charge in [0.15, 0.2) is 0 Å². The Labute approximate surface area is 158 Å². The first-order chi connectivity index (χ1) is 12.5. The van der Waals surface area contributed by atoms with Crippen LogP contribution in [0.4, 0.5) is 0 Å². The highest BCUT2D eigenvalue weighted by atomic mass is 32.1. The van der Waals surface area contributed by atoms with Crippen LogP contribution in [0.25, 0.3) is 0 Å². The number of hydrogen-bond acceptors (Lipinski definition) is 4. The largest absolute Gasteiger partial charge is 0.374 e. The Bertz CT molecular complexity index is 682. The molecule has 0 radical (unpaired) electrons. The summed E-state index contributed by atoms with van der Waals surface area (Å²) < 4.78 is 5.56. The lowest BCUT2D eigenvalue weighted by molar-refractivity contribution is -0.121. The number of thiophene rings is 1. The number of rotatable bonds is 10. The molecule has 1 heterocycles. The molecular weight excluding hydrogens is 348 g/mol. The molecule has 0 fully saturated rings. The van der Waals surface area contributed by atoms with E-state index in [0.717, 1.165) is 11.1 Å². The van der Waals surface area contributed by atoms with E-state index in [1.807, 2.05) is 48.9 Å². The third-order valence-electron chi connectivity index (χ3n) is 3.75. The van der Waals surface area contributed by atoms with E-state index in [2.05, 4.69) is 10.6 Å². The lowest BCUT2D eigenvalue weighted by atomic mass is 10.1. The van der Waals surface area contributed by atoms with E-state index < -0.39 is 0 Å². The Morgan fingerprint density at radius 2 is 1.81 bits per heavy atom. The van der Waals surface area contributed by atoms with Crippen molar-refractivity contribution in [3.63, 3.8) is 0 Å². The summed E-state index contributed by atoms with van der Waals surface area (Å²) in [6.45, 7) is 5.62. The minimum Gasteiger partial charge on any atom is -0.374 e. The van der Waals surface area contributed by atoms with E-state index in [4.69, 9.17) is 4.74 Å². The van der Waals surface area contributed by atoms with Crippen LogP contribution in [0.15, 0.2) is 41.1 Å². The molecule has 0 bridgehead atoms. The van der Waals surface area contributed by atoms with Crippen LogP contribution in [0.1, 0.15) is 48.2 Å². The van der Waals surface area contributed by atoms with Crippen LogP contribution < -0.4 is 10.6 Å². The number of nitrogens with one attached hydrogen (secondary N) is 2. The van der Waals surface area contributed by atoms with Gasteiger partial charge in [0.05, 0.1) is 12.7 Å². The molecule has 2 aromatic rings. The van der Waals surface area contributed by atoms with Crippen molar-refractivity contribution >= 4 is 23.2 Å². The Balaban J connectivity index is 1.60. The van der Waals surface area contributed by atoms with E-state index in [9.17, 15) is 9.59 Å². The Morgan fingerprint density at radius 3 is 2.46 bits per heavy atom. The van der Waals surface area contributed by atoms with Crippen LogP contribution in [0, 0.1) is 0 Å². The lowest BCUT2D eigenvalue weighted by Gasteiger charge is -2.09. The first-order valence-electron chi connectivity index (χ1n) is 8.81. The third-order valence-corrected chi connectivity index (χ3v) is 4.43. The van der Waals surface area contributed by atoms with Gasteiger partial charge in [-0.3, -0.25) is 9.59 Å². The number of ether oxygens (including phenoxy) is 1. The second-order valence-corrected chi connectivity index (χ2v) is 7.10. The Kier molecular flexibility index (Phi) is 8.31. The SMILES string of the molecule is CC(C)OCc1ccc(CNC(=O)CCCNC(=O)c2ccsc2)cc1. The fraction of sp³-hybridized carbons (Fsp3) is 0.400. The zero-order valence-electron chi connectivity index (χ0n) is 15.3. The predicted octanol–water partition coefficient (Wildman–Crippen LogP) is 3.50. The van der Waals surface area contributed by atoms with Crippen LogP contribution in [0.2, 0.25) is 0 Å². The maximum atomic E-state index is 11.9. The van der Waals surface area contributed by atoms with Crippen LogP contribution in [-0.2, 0) is 22.7 Å². The van der Waals surface area contributed by atoms with E-state index in [1.54, 1.807) is 6.07 Å². The van der Waals surface area contributed by atoms with Crippen LogP contribution in [0.3, 0.4) is 0 Å². The molecule has 0 saturated carbocycles. The molecule has 0 spiro atoms. The first-order valence-corrected chi connectivity index (χ1v) is 9.75. The van der Waals surface area contributed by atoms with Gasteiger partial charge in [-0.2, -0.15) is 11.3 Å². The minimum absolute atomic E-state index is 0.0120. The third kappa shape index (κ3) is 7.37. The van der Waals surface area contributed by atoms with Crippen molar-refractivity contribution in [1.82, 2.24) is 10.6 Å². The van der Waals surface area contributed by atoms with Gasteiger partial charge in [-0.15, -0.1) is 0 Å². The van der Waals surface area contributed by atoms with Crippen molar-refractivity contribution < 1.29 is 14.3 Å². The molecule has 0 aliphatic carbocycles. The summed E-state index contributed by atoms with van der Waals surface area (Å²) in [7, 11) is 0. The van der Waals surface area contributed by atoms with E-state index >= 15 is 0 Å². The molecular formula is C20H26N2O3S. The van der Waals surface area contributed by atoms with Gasteiger partial charge < -0.3 is 15.4 Å². The first kappa shape index (κ1) is 20.1. The van der Waals surface area contributed by atoms with Crippen LogP contribution in [-0.4, -0.2) is 24.5 Å². The average molecular weight is 375 g/mol. The average Bonchev–Trinajstić information content (AvgIpc) is 3.17. The van der Waals surface area contributed by atoms with Crippen molar-refractivity contribution in [3.05, 3.63) is 57.8 Å². The molecule has 5 nitrogen and oxygen atoms in total. The van der Waals surface area contributed by atoms with Crippen LogP contribution in [0.5, 0.6) is 0 Å². The summed E-state index contributed by atoms with van der Waals surface area (Å²) in [4.78, 5) is 23.7. The molecule has 2 rings (SSSR count). The van der Waals surface area contributed by atoms with Gasteiger partial charge in [-0.1, -0.05) is 24.3 Å². The molecule has 140 valence electrons. The second kappa shape index (κ2) is 10.7. The van der Waals surface area contributed by atoms with E-state index in [1.165, 1.54) is 11.3 Å². The monoisotopic (exact) mass is 374 g/mol. The van der Waals surface area contributed by atoms with Gasteiger partial charge >= 0.3 is 0 Å².